The zero-order valence-electron chi connectivity index (χ0n) is 10.5. The molecule has 3 rings (SSSR count). The molecule has 0 aliphatic rings. The molecule has 0 saturated carbocycles. The molecule has 0 amide bonds. The minimum Gasteiger partial charge on any atom is -0.431 e. The van der Waals surface area contributed by atoms with Crippen molar-refractivity contribution in [1.29, 1.82) is 0 Å². The molecule has 2 aromatic carbocycles. The van der Waals surface area contributed by atoms with Crippen molar-refractivity contribution < 1.29 is 9.21 Å². The average molecular weight is 350 g/mol. The molecular weight excluding hydrogens is 338 g/mol. The van der Waals surface area contributed by atoms with Gasteiger partial charge < -0.3 is 4.42 Å². The van der Waals surface area contributed by atoms with Crippen molar-refractivity contribution in [2.45, 2.75) is 5.22 Å². The van der Waals surface area contributed by atoms with Gasteiger partial charge in [0.25, 0.3) is 5.22 Å². The van der Waals surface area contributed by atoms with Crippen LogP contribution in [-0.2, 0) is 0 Å². The number of oxazole rings is 1. The van der Waals surface area contributed by atoms with Gasteiger partial charge in [-0.1, -0.05) is 54.2 Å². The van der Waals surface area contributed by atoms with E-state index in [0.717, 1.165) is 11.1 Å². The molecule has 0 bridgehead atoms. The van der Waals surface area contributed by atoms with Gasteiger partial charge in [0.2, 0.25) is 0 Å². The van der Waals surface area contributed by atoms with Crippen LogP contribution < -0.4 is 0 Å². The second-order valence-corrected chi connectivity index (χ2v) is 4.95. The molecule has 0 aliphatic carbocycles. The van der Waals surface area contributed by atoms with Crippen LogP contribution in [0.3, 0.4) is 0 Å². The Balaban J connectivity index is 0.00000147. The molecule has 3 nitrogen and oxygen atoms in total. The number of carbonyl (C=O) groups excluding carboxylic acids is 1. The van der Waals surface area contributed by atoms with Gasteiger partial charge in [0.05, 0.1) is 5.75 Å². The van der Waals surface area contributed by atoms with E-state index in [1.54, 1.807) is 0 Å². The lowest BCUT2D eigenvalue weighted by atomic mass is 10.2. The van der Waals surface area contributed by atoms with Crippen LogP contribution in [0.5, 0.6) is 0 Å². The quantitative estimate of drug-likeness (QED) is 0.517. The Bertz CT molecular complexity index is 679. The first-order valence-electron chi connectivity index (χ1n) is 5.89. The summed E-state index contributed by atoms with van der Waals surface area (Å²) >= 11 is 1.32. The third-order valence-electron chi connectivity index (χ3n) is 2.70. The number of fused-ring (bicyclic) bond motifs is 1. The lowest BCUT2D eigenvalue weighted by molar-refractivity contribution is 0.102. The summed E-state index contributed by atoms with van der Waals surface area (Å²) in [5.74, 6) is 0.407. The molecule has 0 atom stereocenters. The highest BCUT2D eigenvalue weighted by molar-refractivity contribution is 8.93. The summed E-state index contributed by atoms with van der Waals surface area (Å²) in [5, 5.41) is 0.533. The highest BCUT2D eigenvalue weighted by Gasteiger charge is 2.10. The van der Waals surface area contributed by atoms with E-state index in [2.05, 4.69) is 4.98 Å². The number of carbonyl (C=O) groups is 1. The maximum atomic E-state index is 11.9. The Kier molecular flexibility index (Phi) is 4.98. The number of hydrogen-bond donors (Lipinski definition) is 0. The second kappa shape index (κ2) is 6.72. The molecule has 102 valence electrons. The molecule has 3 aromatic rings. The largest absolute Gasteiger partial charge is 0.431 e. The van der Waals surface area contributed by atoms with Crippen LogP contribution in [-0.4, -0.2) is 16.5 Å². The molecule has 1 heterocycles. The average Bonchev–Trinajstić information content (AvgIpc) is 2.88. The topological polar surface area (TPSA) is 43.1 Å². The second-order valence-electron chi connectivity index (χ2n) is 4.03. The Morgan fingerprint density at radius 1 is 1.05 bits per heavy atom. The number of para-hydroxylation sites is 2. The number of thioether (sulfide) groups is 1. The van der Waals surface area contributed by atoms with Crippen LogP contribution >= 0.6 is 28.7 Å². The highest BCUT2D eigenvalue weighted by atomic mass is 79.9. The monoisotopic (exact) mass is 349 g/mol. The fourth-order valence-corrected chi connectivity index (χ4v) is 2.48. The fraction of sp³-hybridized carbons (Fsp3) is 0.0667. The number of rotatable bonds is 4. The minimum atomic E-state index is 0. The van der Waals surface area contributed by atoms with Crippen molar-refractivity contribution >= 4 is 45.6 Å². The van der Waals surface area contributed by atoms with Gasteiger partial charge >= 0.3 is 0 Å². The third kappa shape index (κ3) is 3.29. The summed E-state index contributed by atoms with van der Waals surface area (Å²) in [6, 6.07) is 16.8. The number of halogens is 1. The zero-order valence-corrected chi connectivity index (χ0v) is 13.0. The first-order valence-corrected chi connectivity index (χ1v) is 6.88. The summed E-state index contributed by atoms with van der Waals surface area (Å²) in [7, 11) is 0. The third-order valence-corrected chi connectivity index (χ3v) is 3.52. The van der Waals surface area contributed by atoms with E-state index >= 15 is 0 Å². The lowest BCUT2D eigenvalue weighted by Crippen LogP contribution is -2.01. The normalized spacial score (nSPS) is 10.2. The maximum Gasteiger partial charge on any atom is 0.257 e. The van der Waals surface area contributed by atoms with Crippen LogP contribution in [0.1, 0.15) is 10.4 Å². The van der Waals surface area contributed by atoms with Crippen LogP contribution in [0.25, 0.3) is 11.1 Å². The molecule has 0 N–H and O–H groups in total. The predicted octanol–water partition coefficient (Wildman–Crippen LogP) is 4.38. The molecular formula is C15H12BrNO2S. The van der Waals surface area contributed by atoms with Gasteiger partial charge in [-0.15, -0.1) is 17.0 Å². The highest BCUT2D eigenvalue weighted by Crippen LogP contribution is 2.23. The summed E-state index contributed by atoms with van der Waals surface area (Å²) in [4.78, 5) is 16.3. The molecule has 1 aromatic heterocycles. The maximum absolute atomic E-state index is 11.9. The summed E-state index contributed by atoms with van der Waals surface area (Å²) in [6.45, 7) is 0. The van der Waals surface area contributed by atoms with Crippen molar-refractivity contribution in [3.05, 3.63) is 60.2 Å². The molecule has 5 heteroatoms. The molecule has 20 heavy (non-hydrogen) atoms. The molecule has 0 aliphatic heterocycles. The van der Waals surface area contributed by atoms with E-state index in [9.17, 15) is 4.79 Å². The number of benzene rings is 2. The molecule has 0 radical (unpaired) electrons. The number of hydrogen-bond acceptors (Lipinski definition) is 4. The van der Waals surface area contributed by atoms with Crippen LogP contribution in [0.15, 0.2) is 64.2 Å². The van der Waals surface area contributed by atoms with E-state index in [4.69, 9.17) is 4.42 Å². The van der Waals surface area contributed by atoms with Crippen molar-refractivity contribution in [3.8, 4) is 0 Å². The van der Waals surface area contributed by atoms with Crippen LogP contribution in [0.4, 0.5) is 0 Å². The van der Waals surface area contributed by atoms with E-state index in [-0.39, 0.29) is 22.8 Å². The number of Topliss-reactive ketones (excluding diaryl/α,β-unsaturated/α-hetero) is 1. The SMILES string of the molecule is Br.O=C(CSc1nc2ccccc2o1)c1ccccc1. The van der Waals surface area contributed by atoms with E-state index in [1.807, 2.05) is 54.6 Å². The Labute approximate surface area is 131 Å². The lowest BCUT2D eigenvalue weighted by Gasteiger charge is -1.97. The number of nitrogens with zero attached hydrogens (tertiary/aromatic N) is 1. The number of ketones is 1. The fourth-order valence-electron chi connectivity index (χ4n) is 1.75. The molecule has 0 spiro atoms. The smallest absolute Gasteiger partial charge is 0.257 e. The Morgan fingerprint density at radius 3 is 2.50 bits per heavy atom. The predicted molar refractivity (Wildman–Crippen MR) is 85.8 cm³/mol. The molecule has 0 fully saturated rings. The van der Waals surface area contributed by atoms with Gasteiger partial charge in [-0.05, 0) is 12.1 Å². The van der Waals surface area contributed by atoms with Crippen molar-refractivity contribution in [1.82, 2.24) is 4.98 Å². The molecule has 0 unspecified atom stereocenters. The first-order chi connectivity index (χ1) is 9.33. The van der Waals surface area contributed by atoms with Crippen LogP contribution in [0.2, 0.25) is 0 Å². The Hall–Kier alpha value is -1.59. The first kappa shape index (κ1) is 14.8. The van der Waals surface area contributed by atoms with Gasteiger partial charge in [0, 0.05) is 5.56 Å². The van der Waals surface area contributed by atoms with Gasteiger partial charge in [0.1, 0.15) is 5.52 Å². The van der Waals surface area contributed by atoms with Gasteiger partial charge in [-0.25, -0.2) is 4.98 Å². The Morgan fingerprint density at radius 2 is 1.75 bits per heavy atom. The van der Waals surface area contributed by atoms with Crippen molar-refractivity contribution in [2.75, 3.05) is 5.75 Å². The van der Waals surface area contributed by atoms with Gasteiger partial charge in [0.15, 0.2) is 11.4 Å². The van der Waals surface area contributed by atoms with Crippen LogP contribution in [0, 0.1) is 0 Å². The summed E-state index contributed by atoms with van der Waals surface area (Å²) in [5.41, 5.74) is 2.28. The summed E-state index contributed by atoms with van der Waals surface area (Å²) in [6.07, 6.45) is 0. The number of aromatic nitrogens is 1. The van der Waals surface area contributed by atoms with E-state index in [0.29, 0.717) is 16.5 Å². The standard InChI is InChI=1S/C15H11NO2S.BrH/c17-13(11-6-2-1-3-7-11)10-19-15-16-12-8-4-5-9-14(12)18-15;/h1-9H,10H2;1H. The van der Waals surface area contributed by atoms with Crippen molar-refractivity contribution in [3.63, 3.8) is 0 Å². The minimum absolute atomic E-state index is 0. The van der Waals surface area contributed by atoms with Crippen molar-refractivity contribution in [2.24, 2.45) is 0 Å². The summed E-state index contributed by atoms with van der Waals surface area (Å²) < 4.78 is 5.55. The zero-order chi connectivity index (χ0) is 13.1. The van der Waals surface area contributed by atoms with E-state index < -0.39 is 0 Å². The van der Waals surface area contributed by atoms with Gasteiger partial charge in [-0.3, -0.25) is 4.79 Å². The van der Waals surface area contributed by atoms with E-state index in [1.165, 1.54) is 11.8 Å². The van der Waals surface area contributed by atoms with Gasteiger partial charge in [-0.2, -0.15) is 0 Å². The molecule has 0 saturated heterocycles.